The molecular formula is C14H17N3O2. The van der Waals surface area contributed by atoms with Crippen LogP contribution in [-0.2, 0) is 17.9 Å². The van der Waals surface area contributed by atoms with Crippen molar-refractivity contribution in [3.8, 4) is 0 Å². The molecule has 0 bridgehead atoms. The summed E-state index contributed by atoms with van der Waals surface area (Å²) in [6.07, 6.45) is 0.688. The van der Waals surface area contributed by atoms with Gasteiger partial charge in [0, 0.05) is 32.2 Å². The molecule has 1 aromatic carbocycles. The van der Waals surface area contributed by atoms with Gasteiger partial charge in [-0.3, -0.25) is 9.59 Å². The highest BCUT2D eigenvalue weighted by molar-refractivity contribution is 5.98. The summed E-state index contributed by atoms with van der Waals surface area (Å²) < 4.78 is 0. The van der Waals surface area contributed by atoms with Gasteiger partial charge in [0.1, 0.15) is 6.04 Å². The molecule has 0 aromatic heterocycles. The number of amides is 2. The maximum atomic E-state index is 12.2. The molecule has 2 N–H and O–H groups in total. The molecule has 0 spiro atoms. The lowest BCUT2D eigenvalue weighted by Gasteiger charge is -2.12. The predicted octanol–water partition coefficient (Wildman–Crippen LogP) is 0.250. The van der Waals surface area contributed by atoms with Crippen molar-refractivity contribution in [1.29, 1.82) is 0 Å². The number of hydrogen-bond donors (Lipinski definition) is 2. The molecule has 0 aliphatic carbocycles. The van der Waals surface area contributed by atoms with Crippen molar-refractivity contribution < 1.29 is 9.59 Å². The van der Waals surface area contributed by atoms with E-state index in [2.05, 4.69) is 10.6 Å². The highest BCUT2D eigenvalue weighted by Crippen LogP contribution is 2.17. The van der Waals surface area contributed by atoms with E-state index in [9.17, 15) is 9.59 Å². The predicted molar refractivity (Wildman–Crippen MR) is 70.5 cm³/mol. The SMILES string of the molecule is CN1CCC(NC(=O)c2ccc3c(c2)CNC3)C1=O. The number of nitrogens with one attached hydrogen (secondary N) is 2. The molecule has 0 radical (unpaired) electrons. The fourth-order valence-electron chi connectivity index (χ4n) is 2.63. The van der Waals surface area contributed by atoms with Crippen molar-refractivity contribution in [2.75, 3.05) is 13.6 Å². The zero-order chi connectivity index (χ0) is 13.4. The lowest BCUT2D eigenvalue weighted by atomic mass is 10.1. The van der Waals surface area contributed by atoms with Gasteiger partial charge in [0.05, 0.1) is 0 Å². The van der Waals surface area contributed by atoms with Gasteiger partial charge in [-0.25, -0.2) is 0 Å². The first-order valence-electron chi connectivity index (χ1n) is 6.53. The molecule has 19 heavy (non-hydrogen) atoms. The third-order valence-corrected chi connectivity index (χ3v) is 3.83. The van der Waals surface area contributed by atoms with Crippen LogP contribution >= 0.6 is 0 Å². The number of nitrogens with zero attached hydrogens (tertiary/aromatic N) is 1. The Hall–Kier alpha value is -1.88. The Balaban J connectivity index is 1.72. The van der Waals surface area contributed by atoms with E-state index in [1.54, 1.807) is 11.9 Å². The van der Waals surface area contributed by atoms with Crippen LogP contribution in [0.15, 0.2) is 18.2 Å². The third kappa shape index (κ3) is 2.21. The van der Waals surface area contributed by atoms with Crippen LogP contribution in [0.5, 0.6) is 0 Å². The Kier molecular flexibility index (Phi) is 2.98. The molecule has 2 amide bonds. The second-order valence-corrected chi connectivity index (χ2v) is 5.16. The van der Waals surface area contributed by atoms with Crippen LogP contribution in [0.25, 0.3) is 0 Å². The highest BCUT2D eigenvalue weighted by atomic mass is 16.2. The van der Waals surface area contributed by atoms with Crippen molar-refractivity contribution in [1.82, 2.24) is 15.5 Å². The Bertz CT molecular complexity index is 541. The quantitative estimate of drug-likeness (QED) is 0.800. The average molecular weight is 259 g/mol. The number of likely N-dealkylation sites (tertiary alicyclic amines) is 1. The molecule has 1 unspecified atom stereocenters. The smallest absolute Gasteiger partial charge is 0.251 e. The minimum atomic E-state index is -0.371. The van der Waals surface area contributed by atoms with Crippen LogP contribution in [0.4, 0.5) is 0 Å². The van der Waals surface area contributed by atoms with E-state index in [0.717, 1.165) is 13.1 Å². The number of likely N-dealkylation sites (N-methyl/N-ethyl adjacent to an activating group) is 1. The summed E-state index contributed by atoms with van der Waals surface area (Å²) in [7, 11) is 1.76. The molecule has 5 nitrogen and oxygen atoms in total. The first kappa shape index (κ1) is 12.2. The summed E-state index contributed by atoms with van der Waals surface area (Å²) in [6.45, 7) is 2.38. The van der Waals surface area contributed by atoms with Crippen LogP contribution < -0.4 is 10.6 Å². The molecule has 1 saturated heterocycles. The average Bonchev–Trinajstić information content (AvgIpc) is 2.99. The van der Waals surface area contributed by atoms with Gasteiger partial charge >= 0.3 is 0 Å². The zero-order valence-electron chi connectivity index (χ0n) is 10.9. The van der Waals surface area contributed by atoms with Gasteiger partial charge in [0.25, 0.3) is 5.91 Å². The second kappa shape index (κ2) is 4.66. The summed E-state index contributed by atoms with van der Waals surface area (Å²) >= 11 is 0. The largest absolute Gasteiger partial charge is 0.344 e. The molecular weight excluding hydrogens is 242 g/mol. The molecule has 0 saturated carbocycles. The summed E-state index contributed by atoms with van der Waals surface area (Å²) in [6, 6.07) is 5.34. The molecule has 2 heterocycles. The monoisotopic (exact) mass is 259 g/mol. The molecule has 5 heteroatoms. The Morgan fingerprint density at radius 2 is 2.16 bits per heavy atom. The highest BCUT2D eigenvalue weighted by Gasteiger charge is 2.30. The zero-order valence-corrected chi connectivity index (χ0v) is 10.9. The molecule has 1 atom stereocenters. The third-order valence-electron chi connectivity index (χ3n) is 3.83. The molecule has 2 aliphatic heterocycles. The van der Waals surface area contributed by atoms with Crippen LogP contribution in [0, 0.1) is 0 Å². The topological polar surface area (TPSA) is 61.4 Å². The second-order valence-electron chi connectivity index (χ2n) is 5.16. The number of carbonyl (C=O) groups excluding carboxylic acids is 2. The van der Waals surface area contributed by atoms with Gasteiger partial charge in [0.15, 0.2) is 0 Å². The maximum absolute atomic E-state index is 12.2. The van der Waals surface area contributed by atoms with Gasteiger partial charge in [-0.2, -0.15) is 0 Å². The Morgan fingerprint density at radius 1 is 1.37 bits per heavy atom. The van der Waals surface area contributed by atoms with Crippen LogP contribution in [0.1, 0.15) is 27.9 Å². The van der Waals surface area contributed by atoms with E-state index in [-0.39, 0.29) is 17.9 Å². The van der Waals surface area contributed by atoms with E-state index < -0.39 is 0 Å². The lowest BCUT2D eigenvalue weighted by Crippen LogP contribution is -2.40. The lowest BCUT2D eigenvalue weighted by molar-refractivity contribution is -0.128. The first-order chi connectivity index (χ1) is 9.15. The van der Waals surface area contributed by atoms with Crippen molar-refractivity contribution in [3.63, 3.8) is 0 Å². The number of fused-ring (bicyclic) bond motifs is 1. The Labute approximate surface area is 112 Å². The van der Waals surface area contributed by atoms with E-state index in [4.69, 9.17) is 0 Å². The standard InChI is InChI=1S/C14H17N3O2/c1-17-5-4-12(14(17)19)16-13(18)9-2-3-10-7-15-8-11(10)6-9/h2-3,6,12,15H,4-5,7-8H2,1H3,(H,16,18). The van der Waals surface area contributed by atoms with Crippen molar-refractivity contribution in [2.45, 2.75) is 25.6 Å². The number of rotatable bonds is 2. The maximum Gasteiger partial charge on any atom is 0.251 e. The van der Waals surface area contributed by atoms with Crippen LogP contribution in [0.3, 0.4) is 0 Å². The number of benzene rings is 1. The minimum Gasteiger partial charge on any atom is -0.344 e. The molecule has 100 valence electrons. The van der Waals surface area contributed by atoms with E-state index in [0.29, 0.717) is 18.5 Å². The van der Waals surface area contributed by atoms with Gasteiger partial charge in [-0.05, 0) is 29.7 Å². The normalized spacial score (nSPS) is 21.6. The molecule has 2 aliphatic rings. The summed E-state index contributed by atoms with van der Waals surface area (Å²) in [4.78, 5) is 25.6. The number of hydrogen-bond acceptors (Lipinski definition) is 3. The fourth-order valence-corrected chi connectivity index (χ4v) is 2.63. The van der Waals surface area contributed by atoms with Crippen molar-refractivity contribution in [2.24, 2.45) is 0 Å². The fraction of sp³-hybridized carbons (Fsp3) is 0.429. The van der Waals surface area contributed by atoms with E-state index in [1.165, 1.54) is 11.1 Å². The molecule has 3 rings (SSSR count). The van der Waals surface area contributed by atoms with Crippen LogP contribution in [-0.4, -0.2) is 36.3 Å². The molecule has 1 aromatic rings. The van der Waals surface area contributed by atoms with Gasteiger partial charge in [0.2, 0.25) is 5.91 Å². The van der Waals surface area contributed by atoms with Crippen LogP contribution in [0.2, 0.25) is 0 Å². The number of carbonyl (C=O) groups is 2. The molecule has 1 fully saturated rings. The summed E-state index contributed by atoms with van der Waals surface area (Å²) in [5, 5.41) is 6.06. The van der Waals surface area contributed by atoms with Gasteiger partial charge < -0.3 is 15.5 Å². The minimum absolute atomic E-state index is 0.00354. The van der Waals surface area contributed by atoms with Crippen molar-refractivity contribution in [3.05, 3.63) is 34.9 Å². The Morgan fingerprint density at radius 3 is 2.89 bits per heavy atom. The van der Waals surface area contributed by atoms with E-state index >= 15 is 0 Å². The van der Waals surface area contributed by atoms with Gasteiger partial charge in [-0.15, -0.1) is 0 Å². The van der Waals surface area contributed by atoms with E-state index in [1.807, 2.05) is 18.2 Å². The summed E-state index contributed by atoms with van der Waals surface area (Å²) in [5.74, 6) is -0.167. The van der Waals surface area contributed by atoms with Gasteiger partial charge in [-0.1, -0.05) is 6.07 Å². The summed E-state index contributed by atoms with van der Waals surface area (Å²) in [5.41, 5.74) is 3.04. The van der Waals surface area contributed by atoms with Crippen molar-refractivity contribution >= 4 is 11.8 Å². The first-order valence-corrected chi connectivity index (χ1v) is 6.53.